The van der Waals surface area contributed by atoms with E-state index in [9.17, 15) is 14.3 Å². The SMILES string of the molecule is CCOc1cc(NCCS(=O)CC)ccc1[N+](=O)[O-]. The van der Waals surface area contributed by atoms with E-state index in [1.54, 1.807) is 19.1 Å². The number of nitrogens with zero attached hydrogens (tertiary/aromatic N) is 1. The highest BCUT2D eigenvalue weighted by Crippen LogP contribution is 2.29. The van der Waals surface area contributed by atoms with Crippen LogP contribution in [0.3, 0.4) is 0 Å². The number of hydrogen-bond donors (Lipinski definition) is 1. The fourth-order valence-corrected chi connectivity index (χ4v) is 2.12. The first-order valence-corrected chi connectivity index (χ1v) is 7.57. The van der Waals surface area contributed by atoms with E-state index in [2.05, 4.69) is 5.32 Å². The summed E-state index contributed by atoms with van der Waals surface area (Å²) >= 11 is 0. The van der Waals surface area contributed by atoms with Gasteiger partial charge in [0.25, 0.3) is 0 Å². The number of anilines is 1. The van der Waals surface area contributed by atoms with Crippen LogP contribution in [0.5, 0.6) is 5.75 Å². The van der Waals surface area contributed by atoms with Crippen molar-refractivity contribution in [3.8, 4) is 5.75 Å². The average molecular weight is 286 g/mol. The molecule has 106 valence electrons. The largest absolute Gasteiger partial charge is 0.487 e. The van der Waals surface area contributed by atoms with Crippen molar-refractivity contribution in [2.45, 2.75) is 13.8 Å². The van der Waals surface area contributed by atoms with Crippen molar-refractivity contribution in [3.05, 3.63) is 28.3 Å². The molecule has 1 rings (SSSR count). The molecule has 19 heavy (non-hydrogen) atoms. The van der Waals surface area contributed by atoms with Crippen LogP contribution in [-0.2, 0) is 10.8 Å². The molecule has 0 aliphatic rings. The molecule has 0 spiro atoms. The van der Waals surface area contributed by atoms with E-state index in [0.717, 1.165) is 5.69 Å². The second kappa shape index (κ2) is 7.73. The number of rotatable bonds is 8. The zero-order valence-electron chi connectivity index (χ0n) is 11.0. The molecule has 7 heteroatoms. The number of nitrogens with one attached hydrogen (secondary N) is 1. The zero-order chi connectivity index (χ0) is 14.3. The number of benzene rings is 1. The number of nitro benzene ring substituents is 1. The third kappa shape index (κ3) is 4.86. The molecule has 0 aromatic heterocycles. The first-order valence-electron chi connectivity index (χ1n) is 6.08. The van der Waals surface area contributed by atoms with Crippen LogP contribution in [0.2, 0.25) is 0 Å². The van der Waals surface area contributed by atoms with Crippen molar-refractivity contribution in [2.75, 3.05) is 30.0 Å². The Bertz CT molecular complexity index is 465. The van der Waals surface area contributed by atoms with Crippen LogP contribution in [0.15, 0.2) is 18.2 Å². The molecular weight excluding hydrogens is 268 g/mol. The van der Waals surface area contributed by atoms with Gasteiger partial charge in [-0.15, -0.1) is 0 Å². The number of ether oxygens (including phenoxy) is 1. The lowest BCUT2D eigenvalue weighted by Gasteiger charge is -2.09. The van der Waals surface area contributed by atoms with Crippen LogP contribution >= 0.6 is 0 Å². The highest BCUT2D eigenvalue weighted by molar-refractivity contribution is 7.84. The Hall–Kier alpha value is -1.63. The maximum Gasteiger partial charge on any atom is 0.311 e. The van der Waals surface area contributed by atoms with Gasteiger partial charge in [-0.25, -0.2) is 0 Å². The molecular formula is C12H18N2O4S. The lowest BCUT2D eigenvalue weighted by molar-refractivity contribution is -0.385. The molecule has 0 heterocycles. The molecule has 1 N–H and O–H groups in total. The highest BCUT2D eigenvalue weighted by Gasteiger charge is 2.15. The molecule has 0 aliphatic heterocycles. The summed E-state index contributed by atoms with van der Waals surface area (Å²) in [4.78, 5) is 10.3. The van der Waals surface area contributed by atoms with E-state index in [-0.39, 0.29) is 11.4 Å². The van der Waals surface area contributed by atoms with Gasteiger partial charge in [0, 0.05) is 46.7 Å². The lowest BCUT2D eigenvalue weighted by Crippen LogP contribution is -2.12. The lowest BCUT2D eigenvalue weighted by atomic mass is 10.2. The summed E-state index contributed by atoms with van der Waals surface area (Å²) in [6.45, 7) is 4.57. The molecule has 0 saturated carbocycles. The minimum Gasteiger partial charge on any atom is -0.487 e. The van der Waals surface area contributed by atoms with E-state index in [4.69, 9.17) is 4.74 Å². The standard InChI is InChI=1S/C12H18N2O4S/c1-3-18-12-9-10(5-6-11(12)14(15)16)13-7-8-19(17)4-2/h5-6,9,13H,3-4,7-8H2,1-2H3. The van der Waals surface area contributed by atoms with Crippen LogP contribution in [0, 0.1) is 10.1 Å². The Labute approximate surface area is 114 Å². The third-order valence-corrected chi connectivity index (χ3v) is 3.74. The van der Waals surface area contributed by atoms with Gasteiger partial charge in [0.2, 0.25) is 0 Å². The minimum absolute atomic E-state index is 0.0514. The van der Waals surface area contributed by atoms with E-state index < -0.39 is 15.7 Å². The summed E-state index contributed by atoms with van der Waals surface area (Å²) in [5.74, 6) is 1.43. The van der Waals surface area contributed by atoms with Gasteiger partial charge in [0.15, 0.2) is 5.75 Å². The van der Waals surface area contributed by atoms with Gasteiger partial charge >= 0.3 is 5.69 Å². The fourth-order valence-electron chi connectivity index (χ4n) is 1.50. The molecule has 6 nitrogen and oxygen atoms in total. The molecule has 0 saturated heterocycles. The molecule has 1 unspecified atom stereocenters. The second-order valence-electron chi connectivity index (χ2n) is 3.73. The van der Waals surface area contributed by atoms with Crippen molar-refractivity contribution < 1.29 is 13.9 Å². The molecule has 1 atom stereocenters. The van der Waals surface area contributed by atoms with Crippen LogP contribution in [0.25, 0.3) is 0 Å². The normalized spacial score (nSPS) is 11.9. The summed E-state index contributed by atoms with van der Waals surface area (Å²) in [5, 5.41) is 13.9. The summed E-state index contributed by atoms with van der Waals surface area (Å²) in [7, 11) is -0.823. The molecule has 1 aromatic carbocycles. The van der Waals surface area contributed by atoms with Crippen LogP contribution in [-0.4, -0.2) is 33.8 Å². The maximum atomic E-state index is 11.3. The summed E-state index contributed by atoms with van der Waals surface area (Å²) in [6, 6.07) is 4.62. The summed E-state index contributed by atoms with van der Waals surface area (Å²) in [5.41, 5.74) is 0.673. The Morgan fingerprint density at radius 2 is 2.16 bits per heavy atom. The van der Waals surface area contributed by atoms with Crippen molar-refractivity contribution in [1.29, 1.82) is 0 Å². The van der Waals surface area contributed by atoms with Gasteiger partial charge < -0.3 is 10.1 Å². The van der Waals surface area contributed by atoms with Crippen LogP contribution < -0.4 is 10.1 Å². The molecule has 1 aromatic rings. The number of nitro groups is 1. The minimum atomic E-state index is -0.823. The molecule has 0 bridgehead atoms. The molecule has 0 aliphatic carbocycles. The highest BCUT2D eigenvalue weighted by atomic mass is 32.2. The topological polar surface area (TPSA) is 81.5 Å². The van der Waals surface area contributed by atoms with Crippen molar-refractivity contribution >= 4 is 22.2 Å². The molecule has 0 fully saturated rings. The van der Waals surface area contributed by atoms with Gasteiger partial charge in [0.05, 0.1) is 11.5 Å². The fraction of sp³-hybridized carbons (Fsp3) is 0.500. The van der Waals surface area contributed by atoms with Gasteiger partial charge in [-0.3, -0.25) is 14.3 Å². The van der Waals surface area contributed by atoms with Gasteiger partial charge in [-0.1, -0.05) is 6.92 Å². The van der Waals surface area contributed by atoms with Gasteiger partial charge in [0.1, 0.15) is 0 Å². The smallest absolute Gasteiger partial charge is 0.311 e. The Morgan fingerprint density at radius 3 is 2.74 bits per heavy atom. The van der Waals surface area contributed by atoms with Crippen molar-refractivity contribution in [3.63, 3.8) is 0 Å². The van der Waals surface area contributed by atoms with E-state index in [1.807, 2.05) is 6.92 Å². The summed E-state index contributed by atoms with van der Waals surface area (Å²) in [6.07, 6.45) is 0. The molecule has 0 radical (unpaired) electrons. The third-order valence-electron chi connectivity index (χ3n) is 2.44. The first-order chi connectivity index (χ1) is 9.08. The van der Waals surface area contributed by atoms with E-state index in [1.165, 1.54) is 6.07 Å². The zero-order valence-corrected chi connectivity index (χ0v) is 11.9. The Morgan fingerprint density at radius 1 is 1.42 bits per heavy atom. The van der Waals surface area contributed by atoms with E-state index >= 15 is 0 Å². The van der Waals surface area contributed by atoms with Gasteiger partial charge in [-0.2, -0.15) is 0 Å². The predicted molar refractivity (Wildman–Crippen MR) is 76.3 cm³/mol. The Balaban J connectivity index is 2.72. The molecule has 0 amide bonds. The van der Waals surface area contributed by atoms with Crippen LogP contribution in [0.4, 0.5) is 11.4 Å². The average Bonchev–Trinajstić information content (AvgIpc) is 2.38. The van der Waals surface area contributed by atoms with Crippen LogP contribution in [0.1, 0.15) is 13.8 Å². The monoisotopic (exact) mass is 286 g/mol. The predicted octanol–water partition coefficient (Wildman–Crippen LogP) is 2.17. The van der Waals surface area contributed by atoms with Crippen molar-refractivity contribution in [2.24, 2.45) is 0 Å². The second-order valence-corrected chi connectivity index (χ2v) is 5.60. The summed E-state index contributed by atoms with van der Waals surface area (Å²) < 4.78 is 16.5. The Kier molecular flexibility index (Phi) is 6.27. The number of hydrogen-bond acceptors (Lipinski definition) is 5. The van der Waals surface area contributed by atoms with Gasteiger partial charge in [-0.05, 0) is 13.0 Å². The quantitative estimate of drug-likeness (QED) is 0.585. The van der Waals surface area contributed by atoms with E-state index in [0.29, 0.717) is 24.7 Å². The maximum absolute atomic E-state index is 11.3. The first kappa shape index (κ1) is 15.4. The van der Waals surface area contributed by atoms with Crippen molar-refractivity contribution in [1.82, 2.24) is 0 Å².